The summed E-state index contributed by atoms with van der Waals surface area (Å²) in [6.07, 6.45) is 0.0829. The fourth-order valence-electron chi connectivity index (χ4n) is 3.16. The number of carboxylic acids is 1. The van der Waals surface area contributed by atoms with E-state index in [9.17, 15) is 19.8 Å². The first-order valence-electron chi connectivity index (χ1n) is 7.11. The minimum Gasteiger partial charge on any atom is -0.480 e. The van der Waals surface area contributed by atoms with Gasteiger partial charge in [-0.2, -0.15) is 0 Å². The Balaban J connectivity index is 1.93. The molecule has 0 aliphatic carbocycles. The first-order chi connectivity index (χ1) is 10.1. The molecule has 6 heteroatoms. The molecule has 0 aromatic heterocycles. The molecule has 1 saturated heterocycles. The molecule has 2 heterocycles. The molecule has 0 spiro atoms. The van der Waals surface area contributed by atoms with E-state index in [-0.39, 0.29) is 18.9 Å². The molecular weight excluding hydrogens is 272 g/mol. The summed E-state index contributed by atoms with van der Waals surface area (Å²) in [4.78, 5) is 25.3. The highest BCUT2D eigenvalue weighted by molar-refractivity contribution is 5.98. The Bertz CT molecular complexity index is 587. The summed E-state index contributed by atoms with van der Waals surface area (Å²) >= 11 is 0. The number of carbonyl (C=O) groups excluding carboxylic acids is 1. The number of rotatable bonds is 2. The molecule has 6 nitrogen and oxygen atoms in total. The highest BCUT2D eigenvalue weighted by Gasteiger charge is 2.39. The summed E-state index contributed by atoms with van der Waals surface area (Å²) in [6, 6.07) is 4.61. The van der Waals surface area contributed by atoms with E-state index in [2.05, 4.69) is 5.32 Å². The number of nitrogens with zero attached hydrogens (tertiary/aromatic N) is 1. The number of amides is 1. The lowest BCUT2D eigenvalue weighted by atomic mass is 9.94. The third kappa shape index (κ3) is 2.52. The minimum absolute atomic E-state index is 0.0811. The van der Waals surface area contributed by atoms with Crippen LogP contribution in [0.5, 0.6) is 0 Å². The van der Waals surface area contributed by atoms with Crippen LogP contribution in [0, 0.1) is 0 Å². The monoisotopic (exact) mass is 290 g/mol. The first-order valence-corrected chi connectivity index (χ1v) is 7.11. The highest BCUT2D eigenvalue weighted by atomic mass is 16.4. The molecule has 2 aliphatic heterocycles. The van der Waals surface area contributed by atoms with Gasteiger partial charge in [-0.15, -0.1) is 0 Å². The third-order valence-corrected chi connectivity index (χ3v) is 4.20. The van der Waals surface area contributed by atoms with Gasteiger partial charge in [-0.05, 0) is 30.2 Å². The summed E-state index contributed by atoms with van der Waals surface area (Å²) in [5.41, 5.74) is 2.64. The summed E-state index contributed by atoms with van der Waals surface area (Å²) in [5, 5.41) is 22.2. The van der Waals surface area contributed by atoms with Gasteiger partial charge in [0.25, 0.3) is 5.91 Å². The molecule has 112 valence electrons. The maximum absolute atomic E-state index is 12.7. The van der Waals surface area contributed by atoms with Gasteiger partial charge in [-0.3, -0.25) is 4.79 Å². The van der Waals surface area contributed by atoms with Crippen LogP contribution in [0.1, 0.15) is 27.9 Å². The van der Waals surface area contributed by atoms with E-state index < -0.39 is 18.1 Å². The van der Waals surface area contributed by atoms with Crippen molar-refractivity contribution in [2.24, 2.45) is 0 Å². The predicted octanol–water partition coefficient (Wildman–Crippen LogP) is -0.00770. The van der Waals surface area contributed by atoms with Crippen LogP contribution in [0.2, 0.25) is 0 Å². The molecule has 1 aromatic rings. The molecule has 1 amide bonds. The van der Waals surface area contributed by atoms with Gasteiger partial charge in [0.1, 0.15) is 6.04 Å². The number of nitrogens with one attached hydrogen (secondary N) is 1. The molecule has 2 aliphatic rings. The highest BCUT2D eigenvalue weighted by Crippen LogP contribution is 2.25. The predicted molar refractivity (Wildman–Crippen MR) is 74.9 cm³/mol. The molecule has 0 bridgehead atoms. The number of carboxylic acid groups (broad SMARTS) is 1. The van der Waals surface area contributed by atoms with Gasteiger partial charge in [0.05, 0.1) is 6.10 Å². The normalized spacial score (nSPS) is 24.7. The van der Waals surface area contributed by atoms with E-state index in [1.165, 1.54) is 4.90 Å². The van der Waals surface area contributed by atoms with Crippen molar-refractivity contribution in [1.29, 1.82) is 0 Å². The van der Waals surface area contributed by atoms with Crippen molar-refractivity contribution in [1.82, 2.24) is 10.2 Å². The Hall–Kier alpha value is -1.92. The molecule has 2 unspecified atom stereocenters. The second-order valence-corrected chi connectivity index (χ2v) is 5.57. The number of hydrogen-bond acceptors (Lipinski definition) is 4. The van der Waals surface area contributed by atoms with E-state index in [1.54, 1.807) is 6.07 Å². The van der Waals surface area contributed by atoms with Crippen LogP contribution in [-0.4, -0.2) is 52.2 Å². The van der Waals surface area contributed by atoms with Gasteiger partial charge < -0.3 is 20.4 Å². The van der Waals surface area contributed by atoms with Crippen LogP contribution in [-0.2, 0) is 17.8 Å². The lowest BCUT2D eigenvalue weighted by Crippen LogP contribution is -2.41. The minimum atomic E-state index is -1.06. The maximum Gasteiger partial charge on any atom is 0.326 e. The SMILES string of the molecule is O=C(O)C1CC(O)CN1C(=O)c1cccc2c1CCNC2. The van der Waals surface area contributed by atoms with Gasteiger partial charge in [-0.1, -0.05) is 12.1 Å². The van der Waals surface area contributed by atoms with Gasteiger partial charge in [0.15, 0.2) is 0 Å². The molecule has 2 atom stereocenters. The quantitative estimate of drug-likeness (QED) is 0.713. The van der Waals surface area contributed by atoms with Crippen LogP contribution in [0.15, 0.2) is 18.2 Å². The molecule has 3 N–H and O–H groups in total. The lowest BCUT2D eigenvalue weighted by molar-refractivity contribution is -0.141. The number of β-amino-alcohol motifs (C(OH)–C–C–N with tert-alkyl or cyclic N) is 1. The molecule has 0 saturated carbocycles. The van der Waals surface area contributed by atoms with Crippen LogP contribution < -0.4 is 5.32 Å². The van der Waals surface area contributed by atoms with Crippen LogP contribution >= 0.6 is 0 Å². The lowest BCUT2D eigenvalue weighted by Gasteiger charge is -2.25. The van der Waals surface area contributed by atoms with E-state index in [0.717, 1.165) is 30.6 Å². The first kappa shape index (κ1) is 14.0. The van der Waals surface area contributed by atoms with Crippen molar-refractivity contribution in [3.8, 4) is 0 Å². The standard InChI is InChI=1S/C15H18N2O4/c18-10-6-13(15(20)21)17(8-10)14(19)12-3-1-2-9-7-16-5-4-11(9)12/h1-3,10,13,16,18H,4-8H2,(H,20,21). The third-order valence-electron chi connectivity index (χ3n) is 4.20. The number of likely N-dealkylation sites (tertiary alicyclic amines) is 1. The van der Waals surface area contributed by atoms with Crippen molar-refractivity contribution < 1.29 is 19.8 Å². The molecule has 21 heavy (non-hydrogen) atoms. The Kier molecular flexibility index (Phi) is 3.65. The smallest absolute Gasteiger partial charge is 0.326 e. The Labute approximate surface area is 122 Å². The fourth-order valence-corrected chi connectivity index (χ4v) is 3.16. The van der Waals surface area contributed by atoms with E-state index >= 15 is 0 Å². The van der Waals surface area contributed by atoms with Crippen LogP contribution in [0.4, 0.5) is 0 Å². The van der Waals surface area contributed by atoms with Crippen molar-refractivity contribution in [2.75, 3.05) is 13.1 Å². The Morgan fingerprint density at radius 2 is 2.14 bits per heavy atom. The number of aliphatic hydroxyl groups excluding tert-OH is 1. The van der Waals surface area contributed by atoms with Gasteiger partial charge in [-0.25, -0.2) is 4.79 Å². The average Bonchev–Trinajstić information content (AvgIpc) is 2.88. The second-order valence-electron chi connectivity index (χ2n) is 5.57. The summed E-state index contributed by atoms with van der Waals surface area (Å²) in [7, 11) is 0. The van der Waals surface area contributed by atoms with E-state index in [0.29, 0.717) is 5.56 Å². The van der Waals surface area contributed by atoms with Crippen LogP contribution in [0.3, 0.4) is 0 Å². The van der Waals surface area contributed by atoms with Gasteiger partial charge >= 0.3 is 5.97 Å². The number of aliphatic hydroxyl groups is 1. The molecular formula is C15H18N2O4. The molecule has 1 aromatic carbocycles. The number of carbonyl (C=O) groups is 2. The topological polar surface area (TPSA) is 89.9 Å². The zero-order valence-electron chi connectivity index (χ0n) is 11.6. The Morgan fingerprint density at radius 1 is 1.33 bits per heavy atom. The largest absolute Gasteiger partial charge is 0.480 e. The van der Waals surface area contributed by atoms with E-state index in [1.807, 2.05) is 12.1 Å². The van der Waals surface area contributed by atoms with Crippen molar-refractivity contribution in [2.45, 2.75) is 31.5 Å². The number of aliphatic carboxylic acids is 1. The number of hydrogen-bond donors (Lipinski definition) is 3. The number of benzene rings is 1. The zero-order chi connectivity index (χ0) is 15.0. The number of fused-ring (bicyclic) bond motifs is 1. The molecule has 0 radical (unpaired) electrons. The summed E-state index contributed by atoms with van der Waals surface area (Å²) < 4.78 is 0. The molecule has 3 rings (SSSR count). The van der Waals surface area contributed by atoms with Crippen molar-refractivity contribution in [3.63, 3.8) is 0 Å². The maximum atomic E-state index is 12.7. The van der Waals surface area contributed by atoms with Crippen LogP contribution in [0.25, 0.3) is 0 Å². The Morgan fingerprint density at radius 3 is 2.90 bits per heavy atom. The van der Waals surface area contributed by atoms with Crippen molar-refractivity contribution in [3.05, 3.63) is 34.9 Å². The fraction of sp³-hybridized carbons (Fsp3) is 0.467. The second kappa shape index (κ2) is 5.46. The average molecular weight is 290 g/mol. The molecule has 1 fully saturated rings. The summed E-state index contributed by atoms with van der Waals surface area (Å²) in [5.74, 6) is -1.36. The van der Waals surface area contributed by atoms with Gasteiger partial charge in [0, 0.05) is 25.1 Å². The van der Waals surface area contributed by atoms with Crippen molar-refractivity contribution >= 4 is 11.9 Å². The summed E-state index contributed by atoms with van der Waals surface area (Å²) in [6.45, 7) is 1.61. The van der Waals surface area contributed by atoms with E-state index in [4.69, 9.17) is 0 Å². The zero-order valence-corrected chi connectivity index (χ0v) is 11.6. The van der Waals surface area contributed by atoms with Gasteiger partial charge in [0.2, 0.25) is 0 Å².